The van der Waals surface area contributed by atoms with Crippen molar-refractivity contribution in [3.8, 4) is 0 Å². The number of hydrogen-bond donors (Lipinski definition) is 1. The van der Waals surface area contributed by atoms with Gasteiger partial charge >= 0.3 is 0 Å². The molecule has 25 heavy (non-hydrogen) atoms. The summed E-state index contributed by atoms with van der Waals surface area (Å²) in [6.45, 7) is 0. The van der Waals surface area contributed by atoms with Gasteiger partial charge in [0.2, 0.25) is 5.91 Å². The highest BCUT2D eigenvalue weighted by atomic mass is 16.5. The molecule has 1 heterocycles. The van der Waals surface area contributed by atoms with Crippen molar-refractivity contribution in [3.63, 3.8) is 0 Å². The Hall–Kier alpha value is -3.40. The largest absolute Gasteiger partial charge is 0.354 e. The van der Waals surface area contributed by atoms with Crippen molar-refractivity contribution in [2.24, 2.45) is 0 Å². The molecule has 4 heteroatoms. The average Bonchev–Trinajstić information content (AvgIpc) is 3.07. The number of hydrogen-bond acceptors (Lipinski definition) is 3. The first-order chi connectivity index (χ1) is 12.3. The van der Waals surface area contributed by atoms with Gasteiger partial charge in [-0.25, -0.2) is 0 Å². The van der Waals surface area contributed by atoms with Gasteiger partial charge in [-0.3, -0.25) is 4.79 Å². The molecule has 1 aromatic heterocycles. The number of nitrogens with one attached hydrogen (secondary N) is 1. The number of aromatic nitrogens is 1. The van der Waals surface area contributed by atoms with Crippen LogP contribution in [0.5, 0.6) is 0 Å². The van der Waals surface area contributed by atoms with Crippen molar-refractivity contribution in [1.82, 2.24) is 5.16 Å². The molecule has 4 aromatic rings. The second-order valence-electron chi connectivity index (χ2n) is 5.77. The molecule has 0 saturated heterocycles. The van der Waals surface area contributed by atoms with E-state index in [1.807, 2.05) is 84.9 Å². The first kappa shape index (κ1) is 15.1. The quantitative estimate of drug-likeness (QED) is 0.596. The number of para-hydroxylation sites is 1. The smallest absolute Gasteiger partial charge is 0.237 e. The number of rotatable bonds is 4. The Morgan fingerprint density at radius 1 is 0.800 bits per heavy atom. The second-order valence-corrected chi connectivity index (χ2v) is 5.77. The number of carbonyl (C=O) groups is 1. The van der Waals surface area contributed by atoms with E-state index in [9.17, 15) is 4.79 Å². The van der Waals surface area contributed by atoms with Crippen molar-refractivity contribution >= 4 is 22.7 Å². The van der Waals surface area contributed by atoms with Crippen molar-refractivity contribution in [1.29, 1.82) is 0 Å². The van der Waals surface area contributed by atoms with Gasteiger partial charge in [0, 0.05) is 0 Å². The van der Waals surface area contributed by atoms with E-state index in [0.717, 1.165) is 16.5 Å². The molecule has 0 aliphatic rings. The summed E-state index contributed by atoms with van der Waals surface area (Å²) in [6, 6.07) is 26.9. The van der Waals surface area contributed by atoms with E-state index in [1.165, 1.54) is 0 Å². The van der Waals surface area contributed by atoms with E-state index in [2.05, 4.69) is 10.5 Å². The predicted octanol–water partition coefficient (Wildman–Crippen LogP) is 4.60. The van der Waals surface area contributed by atoms with Crippen LogP contribution in [0.4, 0.5) is 5.82 Å². The van der Waals surface area contributed by atoms with Crippen LogP contribution in [0.25, 0.3) is 11.0 Å². The highest BCUT2D eigenvalue weighted by molar-refractivity contribution is 6.02. The fourth-order valence-electron chi connectivity index (χ4n) is 2.95. The lowest BCUT2D eigenvalue weighted by atomic mass is 9.90. The molecule has 122 valence electrons. The number of fused-ring (bicyclic) bond motifs is 1. The van der Waals surface area contributed by atoms with Crippen molar-refractivity contribution in [3.05, 3.63) is 96.1 Å². The van der Waals surface area contributed by atoms with Gasteiger partial charge in [-0.1, -0.05) is 78.0 Å². The molecule has 0 aliphatic carbocycles. The molecular formula is C21H16N2O2. The third-order valence-electron chi connectivity index (χ3n) is 4.15. The highest BCUT2D eigenvalue weighted by Crippen LogP contribution is 2.28. The number of nitrogens with zero attached hydrogens (tertiary/aromatic N) is 1. The third-order valence-corrected chi connectivity index (χ3v) is 4.15. The van der Waals surface area contributed by atoms with Crippen molar-refractivity contribution in [2.45, 2.75) is 5.92 Å². The van der Waals surface area contributed by atoms with E-state index in [0.29, 0.717) is 11.4 Å². The molecule has 0 bridgehead atoms. The molecule has 0 radical (unpaired) electrons. The maximum absolute atomic E-state index is 13.1. The molecule has 1 N–H and O–H groups in total. The molecular weight excluding hydrogens is 312 g/mol. The third kappa shape index (κ3) is 3.02. The zero-order valence-electron chi connectivity index (χ0n) is 13.4. The summed E-state index contributed by atoms with van der Waals surface area (Å²) in [6.07, 6.45) is 0. The van der Waals surface area contributed by atoms with Crippen LogP contribution in [-0.4, -0.2) is 11.1 Å². The molecule has 1 amide bonds. The average molecular weight is 328 g/mol. The van der Waals surface area contributed by atoms with Crippen molar-refractivity contribution in [2.75, 3.05) is 5.32 Å². The first-order valence-electron chi connectivity index (χ1n) is 8.08. The summed E-state index contributed by atoms with van der Waals surface area (Å²) in [7, 11) is 0. The summed E-state index contributed by atoms with van der Waals surface area (Å²) in [5.74, 6) is -0.119. The topological polar surface area (TPSA) is 55.1 Å². The fourth-order valence-corrected chi connectivity index (χ4v) is 2.95. The number of amides is 1. The molecule has 0 aliphatic heterocycles. The van der Waals surface area contributed by atoms with E-state index >= 15 is 0 Å². The van der Waals surface area contributed by atoms with E-state index in [4.69, 9.17) is 4.52 Å². The zero-order valence-corrected chi connectivity index (χ0v) is 13.4. The Bertz CT molecular complexity index is 955. The van der Waals surface area contributed by atoms with Gasteiger partial charge in [0.15, 0.2) is 11.4 Å². The summed E-state index contributed by atoms with van der Waals surface area (Å²) in [5, 5.41) is 7.70. The predicted molar refractivity (Wildman–Crippen MR) is 97.4 cm³/mol. The Labute approximate surface area is 145 Å². The summed E-state index contributed by atoms with van der Waals surface area (Å²) in [5.41, 5.74) is 2.51. The van der Waals surface area contributed by atoms with Gasteiger partial charge in [-0.15, -0.1) is 0 Å². The minimum Gasteiger partial charge on any atom is -0.354 e. The summed E-state index contributed by atoms with van der Waals surface area (Å²) >= 11 is 0. The second kappa shape index (κ2) is 6.61. The SMILES string of the molecule is O=C(Nc1noc2ccccc12)C(c1ccccc1)c1ccccc1. The monoisotopic (exact) mass is 328 g/mol. The molecule has 0 saturated carbocycles. The lowest BCUT2D eigenvalue weighted by molar-refractivity contribution is -0.116. The minimum atomic E-state index is -0.419. The number of carbonyl (C=O) groups excluding carboxylic acids is 1. The highest BCUT2D eigenvalue weighted by Gasteiger charge is 2.24. The Morgan fingerprint density at radius 2 is 1.36 bits per heavy atom. The van der Waals surface area contributed by atoms with Gasteiger partial charge in [0.05, 0.1) is 11.3 Å². The fraction of sp³-hybridized carbons (Fsp3) is 0.0476. The molecule has 4 rings (SSSR count). The molecule has 0 spiro atoms. The van der Waals surface area contributed by atoms with E-state index in [-0.39, 0.29) is 5.91 Å². The zero-order chi connectivity index (χ0) is 17.1. The standard InChI is InChI=1S/C21H16N2O2/c24-21(22-20-17-13-7-8-14-18(17)25-23-20)19(15-9-3-1-4-10-15)16-11-5-2-6-12-16/h1-14,19H,(H,22,23,24). The van der Waals surface area contributed by atoms with Gasteiger partial charge < -0.3 is 9.84 Å². The number of benzene rings is 3. The lowest BCUT2D eigenvalue weighted by Gasteiger charge is -2.17. The Morgan fingerprint density at radius 3 is 2.00 bits per heavy atom. The van der Waals surface area contributed by atoms with Gasteiger partial charge in [-0.2, -0.15) is 0 Å². The van der Waals surface area contributed by atoms with Crippen LogP contribution in [0, 0.1) is 0 Å². The Balaban J connectivity index is 1.71. The first-order valence-corrected chi connectivity index (χ1v) is 8.08. The van der Waals surface area contributed by atoms with Gasteiger partial charge in [-0.05, 0) is 23.3 Å². The van der Waals surface area contributed by atoms with E-state index in [1.54, 1.807) is 0 Å². The molecule has 0 unspecified atom stereocenters. The lowest BCUT2D eigenvalue weighted by Crippen LogP contribution is -2.22. The molecule has 0 fully saturated rings. The minimum absolute atomic E-state index is 0.142. The molecule has 3 aromatic carbocycles. The van der Waals surface area contributed by atoms with E-state index < -0.39 is 5.92 Å². The van der Waals surface area contributed by atoms with Crippen LogP contribution in [0.1, 0.15) is 17.0 Å². The van der Waals surface area contributed by atoms with Gasteiger partial charge in [0.25, 0.3) is 0 Å². The normalized spacial score (nSPS) is 10.9. The van der Waals surface area contributed by atoms with Crippen LogP contribution in [0.2, 0.25) is 0 Å². The maximum Gasteiger partial charge on any atom is 0.237 e. The molecule has 4 nitrogen and oxygen atoms in total. The van der Waals surface area contributed by atoms with Crippen LogP contribution < -0.4 is 5.32 Å². The summed E-state index contributed by atoms with van der Waals surface area (Å²) < 4.78 is 5.28. The van der Waals surface area contributed by atoms with Crippen LogP contribution in [0.3, 0.4) is 0 Å². The summed E-state index contributed by atoms with van der Waals surface area (Å²) in [4.78, 5) is 13.1. The molecule has 0 atom stereocenters. The van der Waals surface area contributed by atoms with Gasteiger partial charge in [0.1, 0.15) is 0 Å². The maximum atomic E-state index is 13.1. The van der Waals surface area contributed by atoms with Crippen LogP contribution >= 0.6 is 0 Å². The van der Waals surface area contributed by atoms with Crippen LogP contribution in [-0.2, 0) is 4.79 Å². The Kier molecular flexibility index (Phi) is 4.01. The van der Waals surface area contributed by atoms with Crippen LogP contribution in [0.15, 0.2) is 89.5 Å². The van der Waals surface area contributed by atoms with Crippen molar-refractivity contribution < 1.29 is 9.32 Å². The number of anilines is 1.